The normalized spacial score (nSPS) is 21.5. The second-order valence-corrected chi connectivity index (χ2v) is 5.32. The minimum absolute atomic E-state index is 0.552. The Kier molecular flexibility index (Phi) is 4.24. The van der Waals surface area contributed by atoms with E-state index >= 15 is 0 Å². The van der Waals surface area contributed by atoms with Crippen LogP contribution < -0.4 is 5.32 Å². The van der Waals surface area contributed by atoms with Crippen molar-refractivity contribution in [2.75, 3.05) is 18.5 Å². The summed E-state index contributed by atoms with van der Waals surface area (Å²) >= 11 is 3.53. The minimum Gasteiger partial charge on any atom is -0.382 e. The zero-order valence-electron chi connectivity index (χ0n) is 9.63. The van der Waals surface area contributed by atoms with Crippen molar-refractivity contribution in [1.29, 1.82) is 0 Å². The monoisotopic (exact) mass is 283 g/mol. The molecule has 0 bridgehead atoms. The van der Waals surface area contributed by atoms with Gasteiger partial charge in [0, 0.05) is 29.4 Å². The molecule has 1 atom stereocenters. The predicted molar refractivity (Wildman–Crippen MR) is 71.0 cm³/mol. The van der Waals surface area contributed by atoms with Crippen LogP contribution in [-0.2, 0) is 4.74 Å². The molecule has 1 saturated heterocycles. The molecule has 88 valence electrons. The van der Waals surface area contributed by atoms with E-state index in [0.717, 1.165) is 30.5 Å². The Bertz CT molecular complexity index is 326. The summed E-state index contributed by atoms with van der Waals surface area (Å²) in [4.78, 5) is 0. The summed E-state index contributed by atoms with van der Waals surface area (Å²) in [6.07, 6.45) is 3.46. The highest BCUT2D eigenvalue weighted by atomic mass is 79.9. The number of rotatable bonds is 2. The van der Waals surface area contributed by atoms with Gasteiger partial charge in [0.1, 0.15) is 0 Å². The van der Waals surface area contributed by atoms with Gasteiger partial charge in [0.2, 0.25) is 0 Å². The number of benzene rings is 1. The van der Waals surface area contributed by atoms with Gasteiger partial charge in [0.15, 0.2) is 0 Å². The first-order valence-corrected chi connectivity index (χ1v) is 6.65. The summed E-state index contributed by atoms with van der Waals surface area (Å²) in [6, 6.07) is 7.01. The van der Waals surface area contributed by atoms with Crippen LogP contribution in [0.15, 0.2) is 22.7 Å². The van der Waals surface area contributed by atoms with E-state index in [1.165, 1.54) is 17.7 Å². The van der Waals surface area contributed by atoms with Crippen LogP contribution >= 0.6 is 15.9 Å². The fourth-order valence-corrected chi connectivity index (χ4v) is 2.71. The Hall–Kier alpha value is -0.540. The van der Waals surface area contributed by atoms with Crippen molar-refractivity contribution in [1.82, 2.24) is 0 Å². The molecule has 0 amide bonds. The Morgan fingerprint density at radius 2 is 2.12 bits per heavy atom. The third-order valence-electron chi connectivity index (χ3n) is 2.86. The quantitative estimate of drug-likeness (QED) is 0.893. The first kappa shape index (κ1) is 11.9. The van der Waals surface area contributed by atoms with E-state index in [0.29, 0.717) is 6.04 Å². The molecular formula is C13H18BrNO. The van der Waals surface area contributed by atoms with Crippen molar-refractivity contribution in [2.45, 2.75) is 32.2 Å². The van der Waals surface area contributed by atoms with Gasteiger partial charge in [0.25, 0.3) is 0 Å². The molecule has 0 spiro atoms. The van der Waals surface area contributed by atoms with Gasteiger partial charge in [-0.2, -0.15) is 0 Å². The highest BCUT2D eigenvalue weighted by Gasteiger charge is 2.12. The summed E-state index contributed by atoms with van der Waals surface area (Å²) in [5, 5.41) is 3.59. The number of halogens is 1. The second kappa shape index (κ2) is 5.69. The number of ether oxygens (including phenoxy) is 1. The van der Waals surface area contributed by atoms with Gasteiger partial charge in [-0.3, -0.25) is 0 Å². The number of hydrogen-bond acceptors (Lipinski definition) is 2. The van der Waals surface area contributed by atoms with E-state index in [-0.39, 0.29) is 0 Å². The van der Waals surface area contributed by atoms with E-state index < -0.39 is 0 Å². The fraction of sp³-hybridized carbons (Fsp3) is 0.538. The zero-order chi connectivity index (χ0) is 11.4. The lowest BCUT2D eigenvalue weighted by Gasteiger charge is -2.17. The summed E-state index contributed by atoms with van der Waals surface area (Å²) in [6.45, 7) is 3.91. The number of aryl methyl sites for hydroxylation is 1. The second-order valence-electron chi connectivity index (χ2n) is 4.40. The molecule has 3 heteroatoms. The predicted octanol–water partition coefficient (Wildman–Crippen LogP) is 3.74. The van der Waals surface area contributed by atoms with Gasteiger partial charge in [-0.1, -0.05) is 15.9 Å². The van der Waals surface area contributed by atoms with Crippen molar-refractivity contribution >= 4 is 21.6 Å². The van der Waals surface area contributed by atoms with Crippen LogP contribution in [0.1, 0.15) is 24.8 Å². The number of anilines is 1. The van der Waals surface area contributed by atoms with E-state index in [4.69, 9.17) is 4.74 Å². The molecule has 0 aliphatic carbocycles. The highest BCUT2D eigenvalue weighted by molar-refractivity contribution is 9.10. The molecule has 1 aromatic carbocycles. The van der Waals surface area contributed by atoms with Crippen LogP contribution in [0.4, 0.5) is 5.69 Å². The van der Waals surface area contributed by atoms with Crippen LogP contribution in [0.5, 0.6) is 0 Å². The van der Waals surface area contributed by atoms with Gasteiger partial charge < -0.3 is 10.1 Å². The number of nitrogens with one attached hydrogen (secondary N) is 1. The van der Waals surface area contributed by atoms with E-state index in [9.17, 15) is 0 Å². The maximum atomic E-state index is 5.46. The molecule has 1 heterocycles. The molecule has 2 nitrogen and oxygen atoms in total. The molecule has 1 aliphatic rings. The summed E-state index contributed by atoms with van der Waals surface area (Å²) < 4.78 is 6.60. The zero-order valence-corrected chi connectivity index (χ0v) is 11.2. The van der Waals surface area contributed by atoms with Crippen LogP contribution in [0.3, 0.4) is 0 Å². The maximum Gasteiger partial charge on any atom is 0.0485 e. The van der Waals surface area contributed by atoms with E-state index in [1.54, 1.807) is 0 Å². The molecule has 16 heavy (non-hydrogen) atoms. The lowest BCUT2D eigenvalue weighted by Crippen LogP contribution is -2.19. The van der Waals surface area contributed by atoms with Crippen LogP contribution in [0, 0.1) is 6.92 Å². The molecule has 0 saturated carbocycles. The third-order valence-corrected chi connectivity index (χ3v) is 3.32. The first-order chi connectivity index (χ1) is 7.74. The maximum absolute atomic E-state index is 5.46. The van der Waals surface area contributed by atoms with E-state index in [1.807, 2.05) is 0 Å². The fourth-order valence-electron chi connectivity index (χ4n) is 2.10. The average molecular weight is 284 g/mol. The van der Waals surface area contributed by atoms with Crippen LogP contribution in [0.2, 0.25) is 0 Å². The Balaban J connectivity index is 2.01. The molecule has 0 aromatic heterocycles. The molecule has 1 aromatic rings. The molecule has 0 radical (unpaired) electrons. The Morgan fingerprint density at radius 3 is 2.94 bits per heavy atom. The summed E-state index contributed by atoms with van der Waals surface area (Å²) in [5.74, 6) is 0. The molecule has 1 N–H and O–H groups in total. The summed E-state index contributed by atoms with van der Waals surface area (Å²) in [7, 11) is 0. The van der Waals surface area contributed by atoms with Crippen molar-refractivity contribution < 1.29 is 4.74 Å². The van der Waals surface area contributed by atoms with Crippen LogP contribution in [0.25, 0.3) is 0 Å². The largest absolute Gasteiger partial charge is 0.382 e. The lowest BCUT2D eigenvalue weighted by molar-refractivity contribution is 0.144. The van der Waals surface area contributed by atoms with Gasteiger partial charge in [-0.15, -0.1) is 0 Å². The van der Waals surface area contributed by atoms with Gasteiger partial charge in [0.05, 0.1) is 0 Å². The molecule has 1 aliphatic heterocycles. The topological polar surface area (TPSA) is 21.3 Å². The minimum atomic E-state index is 0.552. The van der Waals surface area contributed by atoms with Gasteiger partial charge >= 0.3 is 0 Å². The molecule has 2 rings (SSSR count). The number of hydrogen-bond donors (Lipinski definition) is 1. The SMILES string of the molecule is Cc1cc(Br)cc(NC2CCCOCC2)c1. The standard InChI is InChI=1S/C13H18BrNO/c1-10-7-11(14)9-13(8-10)15-12-3-2-5-16-6-4-12/h7-9,12,15H,2-6H2,1H3. The lowest BCUT2D eigenvalue weighted by atomic mass is 10.1. The van der Waals surface area contributed by atoms with Gasteiger partial charge in [-0.05, 0) is 49.9 Å². The Labute approximate surface area is 106 Å². The molecular weight excluding hydrogens is 266 g/mol. The molecule has 1 fully saturated rings. The van der Waals surface area contributed by atoms with Crippen molar-refractivity contribution in [3.8, 4) is 0 Å². The smallest absolute Gasteiger partial charge is 0.0485 e. The Morgan fingerprint density at radius 1 is 1.25 bits per heavy atom. The van der Waals surface area contributed by atoms with Crippen molar-refractivity contribution in [2.24, 2.45) is 0 Å². The van der Waals surface area contributed by atoms with E-state index in [2.05, 4.69) is 46.4 Å². The third kappa shape index (κ3) is 3.49. The first-order valence-electron chi connectivity index (χ1n) is 5.85. The molecule has 1 unspecified atom stereocenters. The highest BCUT2D eigenvalue weighted by Crippen LogP contribution is 2.21. The summed E-state index contributed by atoms with van der Waals surface area (Å²) in [5.41, 5.74) is 2.49. The van der Waals surface area contributed by atoms with Crippen LogP contribution in [-0.4, -0.2) is 19.3 Å². The van der Waals surface area contributed by atoms with Gasteiger partial charge in [-0.25, -0.2) is 0 Å². The van der Waals surface area contributed by atoms with Crippen molar-refractivity contribution in [3.05, 3.63) is 28.2 Å². The van der Waals surface area contributed by atoms with Crippen molar-refractivity contribution in [3.63, 3.8) is 0 Å². The average Bonchev–Trinajstić information content (AvgIpc) is 2.44.